The number of morpholine rings is 1. The molecule has 0 unspecified atom stereocenters. The molecule has 1 aliphatic rings. The summed E-state index contributed by atoms with van der Waals surface area (Å²) in [6.07, 6.45) is 0.238. The van der Waals surface area contributed by atoms with Gasteiger partial charge in [-0.25, -0.2) is 4.39 Å². The molecule has 1 N–H and O–H groups in total. The van der Waals surface area contributed by atoms with Crippen LogP contribution in [-0.2, 0) is 16.1 Å². The zero-order valence-corrected chi connectivity index (χ0v) is 15.3. The van der Waals surface area contributed by atoms with Gasteiger partial charge in [-0.3, -0.25) is 9.69 Å². The van der Waals surface area contributed by atoms with E-state index in [-0.39, 0.29) is 30.9 Å². The summed E-state index contributed by atoms with van der Waals surface area (Å²) >= 11 is 0. The number of carbonyl (C=O) groups excluding carboxylic acids is 1. The zero-order chi connectivity index (χ0) is 18.9. The molecule has 5 nitrogen and oxygen atoms in total. The fourth-order valence-corrected chi connectivity index (χ4v) is 3.00. The molecule has 1 saturated heterocycles. The third kappa shape index (κ3) is 6.66. The fourth-order valence-electron chi connectivity index (χ4n) is 3.00. The first-order valence-electron chi connectivity index (χ1n) is 9.22. The fraction of sp³-hybridized carbons (Fsp3) is 0.381. The van der Waals surface area contributed by atoms with Gasteiger partial charge in [-0.1, -0.05) is 30.3 Å². The molecule has 144 valence electrons. The Hall–Kier alpha value is -2.44. The number of hydrogen-bond acceptors (Lipinski definition) is 4. The molecule has 0 aliphatic carbocycles. The van der Waals surface area contributed by atoms with Gasteiger partial charge in [0.1, 0.15) is 11.6 Å². The summed E-state index contributed by atoms with van der Waals surface area (Å²) < 4.78 is 24.0. The molecule has 27 heavy (non-hydrogen) atoms. The Bertz CT molecular complexity index is 709. The zero-order valence-electron chi connectivity index (χ0n) is 15.3. The van der Waals surface area contributed by atoms with Crippen LogP contribution in [0.2, 0.25) is 0 Å². The molecule has 6 heteroatoms. The molecule has 0 bridgehead atoms. The van der Waals surface area contributed by atoms with Gasteiger partial charge in [0.15, 0.2) is 0 Å². The number of rotatable bonds is 8. The average molecular weight is 372 g/mol. The quantitative estimate of drug-likeness (QED) is 0.774. The molecule has 1 atom stereocenters. The topological polar surface area (TPSA) is 50.8 Å². The van der Waals surface area contributed by atoms with Gasteiger partial charge in [-0.15, -0.1) is 0 Å². The van der Waals surface area contributed by atoms with Gasteiger partial charge >= 0.3 is 0 Å². The SMILES string of the molecule is O=C(CCOc1ccc(F)cc1)NC[C@H]1CN(Cc2ccccc2)CCO1. The van der Waals surface area contributed by atoms with Crippen LogP contribution in [0.4, 0.5) is 4.39 Å². The van der Waals surface area contributed by atoms with Crippen molar-refractivity contribution in [1.82, 2.24) is 10.2 Å². The molecule has 1 fully saturated rings. The summed E-state index contributed by atoms with van der Waals surface area (Å²) in [5.74, 6) is 0.158. The minimum absolute atomic E-state index is 0.00979. The normalized spacial score (nSPS) is 17.4. The van der Waals surface area contributed by atoms with Crippen molar-refractivity contribution in [3.05, 3.63) is 66.0 Å². The third-order valence-electron chi connectivity index (χ3n) is 4.41. The van der Waals surface area contributed by atoms with Crippen molar-refractivity contribution in [1.29, 1.82) is 0 Å². The minimum Gasteiger partial charge on any atom is -0.493 e. The lowest BCUT2D eigenvalue weighted by molar-refractivity contribution is -0.122. The summed E-state index contributed by atoms with van der Waals surface area (Å²) in [6.45, 7) is 3.98. The molecular formula is C21H25FN2O3. The van der Waals surface area contributed by atoms with Crippen molar-refractivity contribution in [2.45, 2.75) is 19.1 Å². The van der Waals surface area contributed by atoms with Crippen LogP contribution in [0, 0.1) is 5.82 Å². The lowest BCUT2D eigenvalue weighted by atomic mass is 10.2. The Labute approximate surface area is 159 Å². The van der Waals surface area contributed by atoms with E-state index in [9.17, 15) is 9.18 Å². The van der Waals surface area contributed by atoms with Crippen LogP contribution in [-0.4, -0.2) is 49.8 Å². The first-order chi connectivity index (χ1) is 13.2. The molecule has 0 spiro atoms. The molecule has 0 saturated carbocycles. The van der Waals surface area contributed by atoms with Crippen molar-refractivity contribution in [3.8, 4) is 5.75 Å². The van der Waals surface area contributed by atoms with Gasteiger partial charge in [0, 0.05) is 26.2 Å². The highest BCUT2D eigenvalue weighted by Gasteiger charge is 2.21. The van der Waals surface area contributed by atoms with Crippen LogP contribution < -0.4 is 10.1 Å². The van der Waals surface area contributed by atoms with Crippen LogP contribution in [0.3, 0.4) is 0 Å². The van der Waals surface area contributed by atoms with Gasteiger partial charge < -0.3 is 14.8 Å². The van der Waals surface area contributed by atoms with Crippen molar-refractivity contribution in [2.24, 2.45) is 0 Å². The maximum atomic E-state index is 12.8. The summed E-state index contributed by atoms with van der Waals surface area (Å²) in [4.78, 5) is 14.3. The lowest BCUT2D eigenvalue weighted by Crippen LogP contribution is -2.47. The molecule has 0 aromatic heterocycles. The second kappa shape index (κ2) is 10.0. The number of benzene rings is 2. The third-order valence-corrected chi connectivity index (χ3v) is 4.41. The van der Waals surface area contributed by atoms with E-state index in [0.29, 0.717) is 18.9 Å². The predicted octanol–water partition coefficient (Wildman–Crippen LogP) is 2.61. The van der Waals surface area contributed by atoms with Gasteiger partial charge in [0.05, 0.1) is 25.7 Å². The number of amides is 1. The van der Waals surface area contributed by atoms with Crippen molar-refractivity contribution >= 4 is 5.91 Å². The summed E-state index contributed by atoms with van der Waals surface area (Å²) in [5, 5.41) is 2.90. The maximum absolute atomic E-state index is 12.8. The lowest BCUT2D eigenvalue weighted by Gasteiger charge is -2.33. The van der Waals surface area contributed by atoms with Gasteiger partial charge in [-0.2, -0.15) is 0 Å². The number of nitrogens with one attached hydrogen (secondary N) is 1. The molecule has 1 aliphatic heterocycles. The Kier molecular flexibility index (Phi) is 7.19. The largest absolute Gasteiger partial charge is 0.493 e. The number of halogens is 1. The molecule has 0 radical (unpaired) electrons. The molecule has 2 aromatic carbocycles. The summed E-state index contributed by atoms with van der Waals surface area (Å²) in [7, 11) is 0. The Balaban J connectivity index is 1.33. The second-order valence-electron chi connectivity index (χ2n) is 6.57. The number of hydrogen-bond donors (Lipinski definition) is 1. The van der Waals surface area contributed by atoms with E-state index in [1.807, 2.05) is 18.2 Å². The number of nitrogens with zero attached hydrogens (tertiary/aromatic N) is 1. The standard InChI is InChI=1S/C21H25FN2O3/c22-18-6-8-19(9-7-18)26-12-10-21(25)23-14-20-16-24(11-13-27-20)15-17-4-2-1-3-5-17/h1-9,20H,10-16H2,(H,23,25)/t20-/m0/s1. The van der Waals surface area contributed by atoms with E-state index in [1.54, 1.807) is 12.1 Å². The van der Waals surface area contributed by atoms with Crippen molar-refractivity contribution in [2.75, 3.05) is 32.8 Å². The Morgan fingerprint density at radius 3 is 2.74 bits per heavy atom. The first-order valence-corrected chi connectivity index (χ1v) is 9.22. The van der Waals surface area contributed by atoms with E-state index in [0.717, 1.165) is 19.6 Å². The first kappa shape index (κ1) is 19.3. The van der Waals surface area contributed by atoms with E-state index < -0.39 is 0 Å². The van der Waals surface area contributed by atoms with Crippen LogP contribution >= 0.6 is 0 Å². The number of ether oxygens (including phenoxy) is 2. The van der Waals surface area contributed by atoms with E-state index in [4.69, 9.17) is 9.47 Å². The van der Waals surface area contributed by atoms with E-state index in [1.165, 1.54) is 17.7 Å². The van der Waals surface area contributed by atoms with Crippen molar-refractivity contribution < 1.29 is 18.7 Å². The van der Waals surface area contributed by atoms with Crippen LogP contribution in [0.5, 0.6) is 5.75 Å². The van der Waals surface area contributed by atoms with Crippen LogP contribution in [0.15, 0.2) is 54.6 Å². The van der Waals surface area contributed by atoms with E-state index >= 15 is 0 Å². The van der Waals surface area contributed by atoms with Gasteiger partial charge in [0.2, 0.25) is 5.91 Å². The smallest absolute Gasteiger partial charge is 0.223 e. The monoisotopic (exact) mass is 372 g/mol. The molecule has 1 amide bonds. The maximum Gasteiger partial charge on any atom is 0.223 e. The highest BCUT2D eigenvalue weighted by Crippen LogP contribution is 2.12. The Morgan fingerprint density at radius 2 is 1.96 bits per heavy atom. The predicted molar refractivity (Wildman–Crippen MR) is 101 cm³/mol. The molecule has 1 heterocycles. The minimum atomic E-state index is -0.311. The molecule has 2 aromatic rings. The van der Waals surface area contributed by atoms with Gasteiger partial charge in [0.25, 0.3) is 0 Å². The highest BCUT2D eigenvalue weighted by molar-refractivity contribution is 5.76. The highest BCUT2D eigenvalue weighted by atomic mass is 19.1. The second-order valence-corrected chi connectivity index (χ2v) is 6.57. The van der Waals surface area contributed by atoms with Gasteiger partial charge in [-0.05, 0) is 29.8 Å². The van der Waals surface area contributed by atoms with Crippen LogP contribution in [0.1, 0.15) is 12.0 Å². The van der Waals surface area contributed by atoms with Crippen LogP contribution in [0.25, 0.3) is 0 Å². The Morgan fingerprint density at radius 1 is 1.19 bits per heavy atom. The molecular weight excluding hydrogens is 347 g/mol. The van der Waals surface area contributed by atoms with E-state index in [2.05, 4.69) is 22.3 Å². The summed E-state index contributed by atoms with van der Waals surface area (Å²) in [6, 6.07) is 16.1. The number of carbonyl (C=O) groups is 1. The molecule has 3 rings (SSSR count). The average Bonchev–Trinajstić information content (AvgIpc) is 2.69. The summed E-state index contributed by atoms with van der Waals surface area (Å²) in [5.41, 5.74) is 1.28. The van der Waals surface area contributed by atoms with Crippen molar-refractivity contribution in [3.63, 3.8) is 0 Å².